The number of rotatable bonds is 5. The average molecular weight is 406 g/mol. The van der Waals surface area contributed by atoms with E-state index in [4.69, 9.17) is 0 Å². The molecule has 2 aromatic heterocycles. The molecule has 4 rings (SSSR count). The van der Waals surface area contributed by atoms with Gasteiger partial charge in [-0.2, -0.15) is 0 Å². The topological polar surface area (TPSA) is 61.4 Å². The first-order valence-corrected chi connectivity index (χ1v) is 10.6. The minimum atomic E-state index is -0.0554. The van der Waals surface area contributed by atoms with Crippen LogP contribution < -0.4 is 10.2 Å². The van der Waals surface area contributed by atoms with Crippen molar-refractivity contribution >= 4 is 29.3 Å². The number of amides is 2. The number of thioether (sulfide) groups is 1. The van der Waals surface area contributed by atoms with Gasteiger partial charge >= 0.3 is 6.03 Å². The van der Waals surface area contributed by atoms with E-state index in [-0.39, 0.29) is 6.03 Å². The van der Waals surface area contributed by atoms with Gasteiger partial charge in [-0.1, -0.05) is 24.3 Å². The lowest BCUT2D eigenvalue weighted by Crippen LogP contribution is -2.50. The molecule has 3 heterocycles. The highest BCUT2D eigenvalue weighted by Gasteiger charge is 2.21. The summed E-state index contributed by atoms with van der Waals surface area (Å²) in [5.74, 6) is 1.77. The van der Waals surface area contributed by atoms with E-state index in [0.717, 1.165) is 40.9 Å². The van der Waals surface area contributed by atoms with Crippen LogP contribution in [0, 0.1) is 0 Å². The van der Waals surface area contributed by atoms with Gasteiger partial charge in [-0.3, -0.25) is 0 Å². The molecule has 1 fully saturated rings. The zero-order valence-electron chi connectivity index (χ0n) is 16.1. The molecule has 0 radical (unpaired) electrons. The zero-order valence-corrected chi connectivity index (χ0v) is 16.9. The number of anilines is 2. The maximum atomic E-state index is 12.7. The molecule has 0 unspecified atom stereocenters. The number of hydrogen-bond acceptors (Lipinski definition) is 5. The fraction of sp³-hybridized carbons (Fsp3) is 0.227. The van der Waals surface area contributed by atoms with Crippen molar-refractivity contribution in [3.05, 3.63) is 78.6 Å². The van der Waals surface area contributed by atoms with Crippen LogP contribution >= 0.6 is 11.8 Å². The van der Waals surface area contributed by atoms with Gasteiger partial charge in [-0.25, -0.2) is 14.8 Å². The van der Waals surface area contributed by atoms with E-state index in [1.165, 1.54) is 0 Å². The van der Waals surface area contributed by atoms with Crippen molar-refractivity contribution in [2.24, 2.45) is 0 Å². The summed E-state index contributed by atoms with van der Waals surface area (Å²) in [5, 5.41) is 4.03. The molecule has 1 N–H and O–H groups in total. The number of aromatic nitrogens is 2. The van der Waals surface area contributed by atoms with Crippen LogP contribution in [0.15, 0.2) is 78.1 Å². The molecule has 0 spiro atoms. The van der Waals surface area contributed by atoms with Crippen molar-refractivity contribution in [3.8, 4) is 0 Å². The number of urea groups is 1. The molecule has 148 valence electrons. The molecule has 7 heteroatoms. The Balaban J connectivity index is 1.29. The molecule has 3 aromatic rings. The van der Waals surface area contributed by atoms with Crippen molar-refractivity contribution in [1.29, 1.82) is 0 Å². The lowest BCUT2D eigenvalue weighted by atomic mass is 10.2. The molecule has 0 bridgehead atoms. The Labute approximate surface area is 175 Å². The van der Waals surface area contributed by atoms with Gasteiger partial charge in [0.15, 0.2) is 0 Å². The van der Waals surface area contributed by atoms with Gasteiger partial charge in [-0.05, 0) is 42.0 Å². The fourth-order valence-corrected chi connectivity index (χ4v) is 4.01. The summed E-state index contributed by atoms with van der Waals surface area (Å²) >= 11 is 1.68. The summed E-state index contributed by atoms with van der Waals surface area (Å²) in [6, 6.07) is 19.7. The first-order valence-electron chi connectivity index (χ1n) is 9.62. The predicted molar refractivity (Wildman–Crippen MR) is 117 cm³/mol. The SMILES string of the molecule is O=C(Nc1cccc(CSc2ccccn2)c1)N1CCN(c2ccccn2)CC1. The molecule has 0 atom stereocenters. The molecular formula is C22H23N5OS. The Morgan fingerprint density at radius 1 is 0.931 bits per heavy atom. The highest BCUT2D eigenvalue weighted by atomic mass is 32.2. The van der Waals surface area contributed by atoms with E-state index >= 15 is 0 Å². The van der Waals surface area contributed by atoms with Crippen LogP contribution in [0.2, 0.25) is 0 Å². The largest absolute Gasteiger partial charge is 0.353 e. The predicted octanol–water partition coefficient (Wildman–Crippen LogP) is 4.12. The number of pyridine rings is 2. The third-order valence-electron chi connectivity index (χ3n) is 4.74. The molecule has 6 nitrogen and oxygen atoms in total. The molecule has 1 saturated heterocycles. The minimum absolute atomic E-state index is 0.0554. The van der Waals surface area contributed by atoms with Crippen molar-refractivity contribution in [3.63, 3.8) is 0 Å². The van der Waals surface area contributed by atoms with Gasteiger partial charge in [0, 0.05) is 50.0 Å². The summed E-state index contributed by atoms with van der Waals surface area (Å²) in [5.41, 5.74) is 1.97. The van der Waals surface area contributed by atoms with E-state index in [1.54, 1.807) is 24.2 Å². The van der Waals surface area contributed by atoms with Crippen molar-refractivity contribution in [2.75, 3.05) is 36.4 Å². The summed E-state index contributed by atoms with van der Waals surface area (Å²) in [4.78, 5) is 25.5. The van der Waals surface area contributed by atoms with Crippen molar-refractivity contribution in [2.45, 2.75) is 10.8 Å². The van der Waals surface area contributed by atoms with E-state index in [1.807, 2.05) is 59.5 Å². The molecule has 29 heavy (non-hydrogen) atoms. The van der Waals surface area contributed by atoms with Crippen LogP contribution in [-0.4, -0.2) is 47.1 Å². The molecule has 1 aliphatic rings. The second-order valence-corrected chi connectivity index (χ2v) is 7.74. The molecule has 1 aromatic carbocycles. The van der Waals surface area contributed by atoms with Gasteiger partial charge in [0.1, 0.15) is 5.82 Å². The standard InChI is InChI=1S/C22H23N5OS/c28-22(27-14-12-26(13-15-27)20-8-1-3-10-23-20)25-19-7-5-6-18(16-19)17-29-21-9-2-4-11-24-21/h1-11,16H,12-15,17H2,(H,25,28). The van der Waals surface area contributed by atoms with E-state index < -0.39 is 0 Å². The lowest BCUT2D eigenvalue weighted by molar-refractivity contribution is 0.208. The maximum Gasteiger partial charge on any atom is 0.321 e. The molecule has 0 aliphatic carbocycles. The molecule has 2 amide bonds. The van der Waals surface area contributed by atoms with E-state index in [9.17, 15) is 4.79 Å². The van der Waals surface area contributed by atoms with Gasteiger partial charge < -0.3 is 15.1 Å². The highest BCUT2D eigenvalue weighted by Crippen LogP contribution is 2.22. The number of benzene rings is 1. The Bertz CT molecular complexity index is 930. The zero-order chi connectivity index (χ0) is 19.9. The summed E-state index contributed by atoms with van der Waals surface area (Å²) in [6.07, 6.45) is 3.60. The number of nitrogens with zero attached hydrogens (tertiary/aromatic N) is 4. The highest BCUT2D eigenvalue weighted by molar-refractivity contribution is 7.98. The number of nitrogens with one attached hydrogen (secondary N) is 1. The Hall–Kier alpha value is -3.06. The monoisotopic (exact) mass is 405 g/mol. The second kappa shape index (κ2) is 9.43. The summed E-state index contributed by atoms with van der Waals surface area (Å²) in [7, 11) is 0. The van der Waals surface area contributed by atoms with Crippen LogP contribution in [-0.2, 0) is 5.75 Å². The van der Waals surface area contributed by atoms with Crippen LogP contribution in [0.25, 0.3) is 0 Å². The number of hydrogen-bond donors (Lipinski definition) is 1. The molecule has 1 aliphatic heterocycles. The van der Waals surface area contributed by atoms with Crippen molar-refractivity contribution < 1.29 is 4.79 Å². The van der Waals surface area contributed by atoms with E-state index in [2.05, 4.69) is 26.3 Å². The smallest absolute Gasteiger partial charge is 0.321 e. The second-order valence-electron chi connectivity index (χ2n) is 6.75. The normalized spacial score (nSPS) is 13.9. The molecule has 0 saturated carbocycles. The third kappa shape index (κ3) is 5.26. The van der Waals surface area contributed by atoms with Gasteiger partial charge in [0.25, 0.3) is 0 Å². The molecular weight excluding hydrogens is 382 g/mol. The van der Waals surface area contributed by atoms with E-state index in [0.29, 0.717) is 13.1 Å². The van der Waals surface area contributed by atoms with Crippen molar-refractivity contribution in [1.82, 2.24) is 14.9 Å². The lowest BCUT2D eigenvalue weighted by Gasteiger charge is -2.35. The quantitative estimate of drug-likeness (QED) is 0.647. The average Bonchev–Trinajstić information content (AvgIpc) is 2.79. The van der Waals surface area contributed by atoms with Crippen LogP contribution in [0.3, 0.4) is 0 Å². The number of carbonyl (C=O) groups excluding carboxylic acids is 1. The van der Waals surface area contributed by atoms with Crippen LogP contribution in [0.4, 0.5) is 16.3 Å². The maximum absolute atomic E-state index is 12.7. The minimum Gasteiger partial charge on any atom is -0.353 e. The summed E-state index contributed by atoms with van der Waals surface area (Å²) < 4.78 is 0. The first kappa shape index (κ1) is 19.3. The Kier molecular flexibility index (Phi) is 6.26. The summed E-state index contributed by atoms with van der Waals surface area (Å²) in [6.45, 7) is 2.92. The van der Waals surface area contributed by atoms with Crippen LogP contribution in [0.1, 0.15) is 5.56 Å². The fourth-order valence-electron chi connectivity index (χ4n) is 3.21. The number of piperazine rings is 1. The van der Waals surface area contributed by atoms with Gasteiger partial charge in [0.05, 0.1) is 5.03 Å². The van der Waals surface area contributed by atoms with Crippen LogP contribution in [0.5, 0.6) is 0 Å². The Morgan fingerprint density at radius 3 is 2.45 bits per heavy atom. The first-order chi connectivity index (χ1) is 14.3. The van der Waals surface area contributed by atoms with Gasteiger partial charge in [-0.15, -0.1) is 11.8 Å². The third-order valence-corrected chi connectivity index (χ3v) is 5.76. The van der Waals surface area contributed by atoms with Gasteiger partial charge in [0.2, 0.25) is 0 Å². The number of carbonyl (C=O) groups is 1. The Morgan fingerprint density at radius 2 is 1.72 bits per heavy atom.